The quantitative estimate of drug-likeness (QED) is 0.513. The lowest BCUT2D eigenvalue weighted by Gasteiger charge is -2.24. The Hall–Kier alpha value is -0.840. The summed E-state index contributed by atoms with van der Waals surface area (Å²) in [5, 5.41) is 10.00. The molecule has 0 heterocycles. The molecule has 0 aromatic carbocycles. The van der Waals surface area contributed by atoms with E-state index in [0.717, 1.165) is 16.9 Å². The van der Waals surface area contributed by atoms with Crippen LogP contribution < -0.4 is 16.0 Å². The number of rotatable bonds is 4. The first-order chi connectivity index (χ1) is 8.15. The molecule has 5 heteroatoms. The number of amides is 1. The lowest BCUT2D eigenvalue weighted by atomic mass is 9.96. The highest BCUT2D eigenvalue weighted by molar-refractivity contribution is 7.80. The summed E-state index contributed by atoms with van der Waals surface area (Å²) in [6.07, 6.45) is 5.42. The van der Waals surface area contributed by atoms with E-state index in [1.807, 2.05) is 0 Å². The molecule has 2 saturated carbocycles. The van der Waals surface area contributed by atoms with E-state index in [9.17, 15) is 4.79 Å². The number of hydrogen-bond donors (Lipinski definition) is 3. The molecule has 3 N–H and O–H groups in total. The highest BCUT2D eigenvalue weighted by Gasteiger charge is 2.39. The average Bonchev–Trinajstić information content (AvgIpc) is 2.86. The molecular weight excluding hydrogens is 234 g/mol. The van der Waals surface area contributed by atoms with Gasteiger partial charge in [-0.2, -0.15) is 0 Å². The number of carbonyl (C=O) groups is 1. The van der Waals surface area contributed by atoms with Crippen LogP contribution in [0.15, 0.2) is 0 Å². The van der Waals surface area contributed by atoms with Crippen LogP contribution >= 0.6 is 12.2 Å². The molecule has 2 rings (SSSR count). The predicted molar refractivity (Wildman–Crippen MR) is 71.7 cm³/mol. The Morgan fingerprint density at radius 1 is 1.24 bits per heavy atom. The number of thiocarbonyl (C=S) groups is 1. The van der Waals surface area contributed by atoms with Gasteiger partial charge >= 0.3 is 0 Å². The third-order valence-electron chi connectivity index (χ3n) is 3.84. The fourth-order valence-corrected chi connectivity index (χ4v) is 3.31. The van der Waals surface area contributed by atoms with Gasteiger partial charge in [0.15, 0.2) is 5.11 Å². The van der Waals surface area contributed by atoms with Crippen LogP contribution in [0.25, 0.3) is 0 Å². The number of fused-ring (bicyclic) bond motifs is 2. The summed E-state index contributed by atoms with van der Waals surface area (Å²) in [4.78, 5) is 10.7. The van der Waals surface area contributed by atoms with E-state index >= 15 is 0 Å². The van der Waals surface area contributed by atoms with E-state index in [4.69, 9.17) is 12.2 Å². The lowest BCUT2D eigenvalue weighted by molar-refractivity contribution is -0.118. The van der Waals surface area contributed by atoms with E-state index in [1.54, 1.807) is 0 Å². The van der Waals surface area contributed by atoms with Crippen LogP contribution in [0.5, 0.6) is 0 Å². The van der Waals surface area contributed by atoms with Crippen LogP contribution in [-0.4, -0.2) is 30.2 Å². The summed E-state index contributed by atoms with van der Waals surface area (Å²) in [5.74, 6) is 1.76. The first-order valence-corrected chi connectivity index (χ1v) is 6.85. The van der Waals surface area contributed by atoms with Crippen LogP contribution in [0.1, 0.15) is 32.6 Å². The Morgan fingerprint density at radius 3 is 2.59 bits per heavy atom. The van der Waals surface area contributed by atoms with Gasteiger partial charge in [-0.05, 0) is 43.3 Å². The fourth-order valence-electron chi connectivity index (χ4n) is 3.06. The molecule has 0 aromatic heterocycles. The second kappa shape index (κ2) is 5.67. The average molecular weight is 255 g/mol. The first-order valence-electron chi connectivity index (χ1n) is 6.44. The van der Waals surface area contributed by atoms with Crippen molar-refractivity contribution in [3.63, 3.8) is 0 Å². The molecule has 2 fully saturated rings. The Kier molecular flexibility index (Phi) is 4.20. The molecule has 3 atom stereocenters. The predicted octanol–water partition coefficient (Wildman–Crippen LogP) is 0.775. The van der Waals surface area contributed by atoms with Crippen molar-refractivity contribution in [2.45, 2.75) is 38.6 Å². The van der Waals surface area contributed by atoms with Crippen LogP contribution in [-0.2, 0) is 4.79 Å². The van der Waals surface area contributed by atoms with Crippen molar-refractivity contribution in [3.05, 3.63) is 0 Å². The van der Waals surface area contributed by atoms with Gasteiger partial charge in [0.25, 0.3) is 0 Å². The van der Waals surface area contributed by atoms with E-state index in [-0.39, 0.29) is 5.91 Å². The number of nitrogens with one attached hydrogen (secondary N) is 3. The molecule has 0 spiro atoms. The molecule has 0 radical (unpaired) electrons. The molecule has 2 aliphatic rings. The van der Waals surface area contributed by atoms with Crippen LogP contribution in [0, 0.1) is 11.8 Å². The minimum atomic E-state index is -0.00113. The van der Waals surface area contributed by atoms with Crippen LogP contribution in [0.3, 0.4) is 0 Å². The van der Waals surface area contributed by atoms with Crippen LogP contribution in [0.4, 0.5) is 0 Å². The van der Waals surface area contributed by atoms with Gasteiger partial charge in [-0.25, -0.2) is 0 Å². The van der Waals surface area contributed by atoms with Crippen molar-refractivity contribution in [1.82, 2.24) is 16.0 Å². The van der Waals surface area contributed by atoms with Gasteiger partial charge in [0.05, 0.1) is 0 Å². The summed E-state index contributed by atoms with van der Waals surface area (Å²) in [6.45, 7) is 2.83. The first kappa shape index (κ1) is 12.6. The third kappa shape index (κ3) is 3.56. The summed E-state index contributed by atoms with van der Waals surface area (Å²) < 4.78 is 0. The summed E-state index contributed by atoms with van der Waals surface area (Å²) >= 11 is 5.25. The van der Waals surface area contributed by atoms with Crippen molar-refractivity contribution >= 4 is 23.2 Å². The third-order valence-corrected chi connectivity index (χ3v) is 4.10. The molecular formula is C12H21N3OS. The standard InChI is InChI=1S/C12H21N3OS/c1-8(16)13-4-5-14-12(17)15-11-7-9-2-3-10(11)6-9/h9-11H,2-7H2,1H3,(H,13,16)(H2,14,15,17)/t9-,10-,11-/m1/s1. The van der Waals surface area contributed by atoms with Crippen molar-refractivity contribution in [3.8, 4) is 0 Å². The van der Waals surface area contributed by atoms with E-state index < -0.39 is 0 Å². The molecule has 1 amide bonds. The zero-order chi connectivity index (χ0) is 12.3. The molecule has 2 bridgehead atoms. The van der Waals surface area contributed by atoms with Crippen LogP contribution in [0.2, 0.25) is 0 Å². The maximum atomic E-state index is 10.7. The van der Waals surface area contributed by atoms with E-state index in [1.165, 1.54) is 32.6 Å². The molecule has 0 aliphatic heterocycles. The zero-order valence-corrected chi connectivity index (χ0v) is 11.1. The van der Waals surface area contributed by atoms with Crippen molar-refractivity contribution in [1.29, 1.82) is 0 Å². The van der Waals surface area contributed by atoms with Gasteiger partial charge in [0.1, 0.15) is 0 Å². The maximum Gasteiger partial charge on any atom is 0.216 e. The highest BCUT2D eigenvalue weighted by atomic mass is 32.1. The summed E-state index contributed by atoms with van der Waals surface area (Å²) in [7, 11) is 0. The van der Waals surface area contributed by atoms with Gasteiger partial charge in [0.2, 0.25) is 5.91 Å². The van der Waals surface area contributed by atoms with Gasteiger partial charge in [-0.3, -0.25) is 4.79 Å². The van der Waals surface area contributed by atoms with Gasteiger partial charge in [0, 0.05) is 26.1 Å². The second-order valence-corrected chi connectivity index (χ2v) is 5.57. The number of carbonyl (C=O) groups excluding carboxylic acids is 1. The number of hydrogen-bond acceptors (Lipinski definition) is 2. The monoisotopic (exact) mass is 255 g/mol. The van der Waals surface area contributed by atoms with Gasteiger partial charge < -0.3 is 16.0 Å². The van der Waals surface area contributed by atoms with Crippen molar-refractivity contribution in [2.24, 2.45) is 11.8 Å². The smallest absolute Gasteiger partial charge is 0.216 e. The molecule has 0 saturated heterocycles. The lowest BCUT2D eigenvalue weighted by Crippen LogP contribution is -2.46. The van der Waals surface area contributed by atoms with E-state index in [0.29, 0.717) is 19.1 Å². The molecule has 0 unspecified atom stereocenters. The van der Waals surface area contributed by atoms with Gasteiger partial charge in [-0.15, -0.1) is 0 Å². The topological polar surface area (TPSA) is 53.2 Å². The normalized spacial score (nSPS) is 30.1. The fraction of sp³-hybridized carbons (Fsp3) is 0.833. The Bertz CT molecular complexity index is 308. The Balaban J connectivity index is 1.59. The molecule has 17 heavy (non-hydrogen) atoms. The molecule has 0 aromatic rings. The largest absolute Gasteiger partial charge is 0.361 e. The van der Waals surface area contributed by atoms with Crippen molar-refractivity contribution in [2.75, 3.05) is 13.1 Å². The minimum absolute atomic E-state index is 0.00113. The highest BCUT2D eigenvalue weighted by Crippen LogP contribution is 2.44. The molecule has 4 nitrogen and oxygen atoms in total. The van der Waals surface area contributed by atoms with Crippen molar-refractivity contribution < 1.29 is 4.79 Å². The van der Waals surface area contributed by atoms with E-state index in [2.05, 4.69) is 16.0 Å². The minimum Gasteiger partial charge on any atom is -0.361 e. The molecule has 96 valence electrons. The Labute approximate surface area is 108 Å². The second-order valence-electron chi connectivity index (χ2n) is 5.16. The molecule has 2 aliphatic carbocycles. The SMILES string of the molecule is CC(=O)NCCNC(=S)N[C@@H]1C[C@@H]2CC[C@@H]1C2. The summed E-state index contributed by atoms with van der Waals surface area (Å²) in [6, 6.07) is 0.578. The van der Waals surface area contributed by atoms with Gasteiger partial charge in [-0.1, -0.05) is 6.42 Å². The Morgan fingerprint density at radius 2 is 2.00 bits per heavy atom. The maximum absolute atomic E-state index is 10.7. The summed E-state index contributed by atoms with van der Waals surface area (Å²) in [5.41, 5.74) is 0. The zero-order valence-electron chi connectivity index (χ0n) is 10.3.